The lowest BCUT2D eigenvalue weighted by atomic mass is 9.42. The predicted octanol–water partition coefficient (Wildman–Crippen LogP) is 5.87. The van der Waals surface area contributed by atoms with Gasteiger partial charge in [0.15, 0.2) is 0 Å². The summed E-state index contributed by atoms with van der Waals surface area (Å²) in [5, 5.41) is 10.4. The molecule has 1 aromatic rings. The minimum Gasteiger partial charge on any atom is -0.393 e. The zero-order chi connectivity index (χ0) is 21.8. The Morgan fingerprint density at radius 3 is 2.55 bits per heavy atom. The second kappa shape index (κ2) is 7.77. The van der Waals surface area contributed by atoms with Crippen LogP contribution in [0.4, 0.5) is 0 Å². The summed E-state index contributed by atoms with van der Waals surface area (Å²) >= 11 is 0. The maximum atomic E-state index is 12.6. The van der Waals surface area contributed by atoms with Crippen molar-refractivity contribution in [2.45, 2.75) is 78.2 Å². The molecule has 2 heteroatoms. The maximum absolute atomic E-state index is 12.6. The standard InChI is InChI=1S/C29H38O2/c1-19(30)25-13-14-26-24-12-11-22-17-23(31)15-16-28(22,2)27(24)21(18-29(25,26)3)10-9-20-7-5-4-6-8-20/h4-8,21-27,31H,11-18H2,1-3H3/t21-,22-,23-,24+,25-,26+,27+,28+,29-/m1/s1. The van der Waals surface area contributed by atoms with Crippen molar-refractivity contribution in [2.75, 3.05) is 0 Å². The molecule has 1 aromatic carbocycles. The highest BCUT2D eigenvalue weighted by molar-refractivity contribution is 5.79. The van der Waals surface area contributed by atoms with Gasteiger partial charge in [-0.15, -0.1) is 0 Å². The van der Waals surface area contributed by atoms with Crippen LogP contribution in [0, 0.1) is 58.2 Å². The van der Waals surface area contributed by atoms with Gasteiger partial charge >= 0.3 is 0 Å². The van der Waals surface area contributed by atoms with Crippen molar-refractivity contribution in [1.82, 2.24) is 0 Å². The summed E-state index contributed by atoms with van der Waals surface area (Å²) in [6.45, 7) is 6.76. The Labute approximate surface area is 188 Å². The van der Waals surface area contributed by atoms with Crippen molar-refractivity contribution >= 4 is 5.78 Å². The number of carbonyl (C=O) groups is 1. The van der Waals surface area contributed by atoms with Crippen LogP contribution >= 0.6 is 0 Å². The van der Waals surface area contributed by atoms with Gasteiger partial charge in [0, 0.05) is 17.4 Å². The van der Waals surface area contributed by atoms with E-state index in [9.17, 15) is 9.90 Å². The molecule has 0 radical (unpaired) electrons. The van der Waals surface area contributed by atoms with Crippen LogP contribution in [0.2, 0.25) is 0 Å². The first-order valence-electron chi connectivity index (χ1n) is 12.6. The molecular formula is C29H38O2. The van der Waals surface area contributed by atoms with Gasteiger partial charge < -0.3 is 5.11 Å². The van der Waals surface area contributed by atoms with Gasteiger partial charge in [0.2, 0.25) is 0 Å². The number of hydrogen-bond acceptors (Lipinski definition) is 2. The molecule has 1 N–H and O–H groups in total. The second-order valence-electron chi connectivity index (χ2n) is 11.7. The summed E-state index contributed by atoms with van der Waals surface area (Å²) in [7, 11) is 0. The van der Waals surface area contributed by atoms with Crippen molar-refractivity contribution in [1.29, 1.82) is 0 Å². The Bertz CT molecular complexity index is 894. The summed E-state index contributed by atoms with van der Waals surface area (Å²) in [6, 6.07) is 10.4. The quantitative estimate of drug-likeness (QED) is 0.579. The number of aliphatic hydroxyl groups excluding tert-OH is 1. The number of ketones is 1. The molecule has 0 heterocycles. The summed E-state index contributed by atoms with van der Waals surface area (Å²) in [5.41, 5.74) is 1.46. The fourth-order valence-electron chi connectivity index (χ4n) is 8.92. The molecular weight excluding hydrogens is 380 g/mol. The monoisotopic (exact) mass is 418 g/mol. The summed E-state index contributed by atoms with van der Waals surface area (Å²) in [5.74, 6) is 10.8. The number of aliphatic hydroxyl groups is 1. The van der Waals surface area contributed by atoms with E-state index in [1.165, 1.54) is 19.3 Å². The SMILES string of the molecule is CC(=O)[C@H]1CC[C@H]2[C@@H]3CC[C@@H]4C[C@H](O)CC[C@]4(C)[C@H]3[C@H](C#Cc3ccccc3)C[C@]12C. The lowest BCUT2D eigenvalue weighted by molar-refractivity contribution is -0.148. The minimum absolute atomic E-state index is 0.0976. The molecule has 0 unspecified atom stereocenters. The van der Waals surface area contributed by atoms with Crippen LogP contribution in [-0.2, 0) is 4.79 Å². The first kappa shape index (κ1) is 21.3. The Morgan fingerprint density at radius 2 is 1.81 bits per heavy atom. The highest BCUT2D eigenvalue weighted by Gasteiger charge is 2.63. The summed E-state index contributed by atoms with van der Waals surface area (Å²) < 4.78 is 0. The average Bonchev–Trinajstić information content (AvgIpc) is 3.10. The first-order valence-corrected chi connectivity index (χ1v) is 12.6. The molecule has 0 spiro atoms. The largest absolute Gasteiger partial charge is 0.393 e. The molecule has 4 fully saturated rings. The van der Waals surface area contributed by atoms with Crippen molar-refractivity contribution < 1.29 is 9.90 Å². The number of hydrogen-bond donors (Lipinski definition) is 1. The lowest BCUT2D eigenvalue weighted by Crippen LogP contribution is -2.57. The van der Waals surface area contributed by atoms with Gasteiger partial charge in [-0.25, -0.2) is 0 Å². The molecule has 9 atom stereocenters. The predicted molar refractivity (Wildman–Crippen MR) is 124 cm³/mol. The highest BCUT2D eigenvalue weighted by atomic mass is 16.3. The van der Waals surface area contributed by atoms with E-state index in [4.69, 9.17) is 0 Å². The highest BCUT2D eigenvalue weighted by Crippen LogP contribution is 2.68. The number of Topliss-reactive ketones (excluding diaryl/α,β-unsaturated/α-hetero) is 1. The van der Waals surface area contributed by atoms with Crippen molar-refractivity contribution in [2.24, 2.45) is 46.3 Å². The van der Waals surface area contributed by atoms with Gasteiger partial charge in [-0.3, -0.25) is 4.79 Å². The van der Waals surface area contributed by atoms with E-state index in [-0.39, 0.29) is 22.9 Å². The van der Waals surface area contributed by atoms with Gasteiger partial charge in [0.1, 0.15) is 5.78 Å². The molecule has 4 aliphatic rings. The molecule has 0 saturated heterocycles. The van der Waals surface area contributed by atoms with Crippen molar-refractivity contribution in [3.8, 4) is 11.8 Å². The van der Waals surface area contributed by atoms with Gasteiger partial charge in [0.05, 0.1) is 6.10 Å². The fraction of sp³-hybridized carbons (Fsp3) is 0.690. The van der Waals surface area contributed by atoms with Gasteiger partial charge in [-0.1, -0.05) is 43.9 Å². The van der Waals surface area contributed by atoms with Gasteiger partial charge in [-0.05, 0) is 105 Å². The topological polar surface area (TPSA) is 37.3 Å². The third-order valence-electron chi connectivity index (χ3n) is 10.3. The van der Waals surface area contributed by atoms with Gasteiger partial charge in [-0.2, -0.15) is 0 Å². The summed E-state index contributed by atoms with van der Waals surface area (Å²) in [4.78, 5) is 12.6. The molecule has 0 amide bonds. The zero-order valence-corrected chi connectivity index (χ0v) is 19.4. The normalized spacial score (nSPS) is 46.1. The van der Waals surface area contributed by atoms with Crippen molar-refractivity contribution in [3.63, 3.8) is 0 Å². The van der Waals surface area contributed by atoms with Crippen LogP contribution < -0.4 is 0 Å². The van der Waals surface area contributed by atoms with E-state index in [2.05, 4.69) is 50.0 Å². The van der Waals surface area contributed by atoms with Crippen LogP contribution in [0.25, 0.3) is 0 Å². The third-order valence-corrected chi connectivity index (χ3v) is 10.3. The van der Waals surface area contributed by atoms with Gasteiger partial charge in [0.25, 0.3) is 0 Å². The van der Waals surface area contributed by atoms with E-state index >= 15 is 0 Å². The number of fused-ring (bicyclic) bond motifs is 5. The van der Waals surface area contributed by atoms with E-state index in [1.54, 1.807) is 0 Å². The smallest absolute Gasteiger partial charge is 0.133 e. The molecule has 5 rings (SSSR count). The molecule has 31 heavy (non-hydrogen) atoms. The van der Waals surface area contributed by atoms with Crippen LogP contribution in [0.3, 0.4) is 0 Å². The first-order chi connectivity index (χ1) is 14.8. The Morgan fingerprint density at radius 1 is 1.03 bits per heavy atom. The van der Waals surface area contributed by atoms with Crippen LogP contribution in [0.1, 0.15) is 77.7 Å². The van der Waals surface area contributed by atoms with Crippen molar-refractivity contribution in [3.05, 3.63) is 35.9 Å². The van der Waals surface area contributed by atoms with E-state index in [0.29, 0.717) is 35.4 Å². The van der Waals surface area contributed by atoms with E-state index < -0.39 is 0 Å². The Balaban J connectivity index is 1.56. The second-order valence-corrected chi connectivity index (χ2v) is 11.7. The summed E-state index contributed by atoms with van der Waals surface area (Å²) in [6.07, 6.45) is 8.75. The van der Waals surface area contributed by atoms with E-state index in [0.717, 1.165) is 37.7 Å². The molecule has 0 bridgehead atoms. The molecule has 0 aromatic heterocycles. The van der Waals surface area contributed by atoms with Crippen LogP contribution in [-0.4, -0.2) is 17.0 Å². The number of benzene rings is 1. The fourth-order valence-corrected chi connectivity index (χ4v) is 8.92. The van der Waals surface area contributed by atoms with Crippen LogP contribution in [0.5, 0.6) is 0 Å². The molecule has 4 saturated carbocycles. The van der Waals surface area contributed by atoms with Crippen LogP contribution in [0.15, 0.2) is 30.3 Å². The molecule has 4 aliphatic carbocycles. The number of carbonyl (C=O) groups excluding carboxylic acids is 1. The molecule has 2 nitrogen and oxygen atoms in total. The average molecular weight is 419 g/mol. The maximum Gasteiger partial charge on any atom is 0.133 e. The number of rotatable bonds is 1. The lowest BCUT2D eigenvalue weighted by Gasteiger charge is -2.62. The Hall–Kier alpha value is -1.59. The third kappa shape index (κ3) is 3.39. The molecule has 0 aliphatic heterocycles. The zero-order valence-electron chi connectivity index (χ0n) is 19.4. The minimum atomic E-state index is -0.120. The molecule has 166 valence electrons. The Kier molecular flexibility index (Phi) is 5.33. The van der Waals surface area contributed by atoms with E-state index in [1.807, 2.05) is 13.0 Å².